The summed E-state index contributed by atoms with van der Waals surface area (Å²) in [5.74, 6) is -0.388. The molecule has 2 aromatic carbocycles. The number of aliphatic hydroxyl groups excluding tert-OH is 1. The predicted molar refractivity (Wildman–Crippen MR) is 144 cm³/mol. The minimum atomic E-state index is -0.564. The van der Waals surface area contributed by atoms with Gasteiger partial charge in [0.25, 0.3) is 0 Å². The first-order valence-corrected chi connectivity index (χ1v) is 12.9. The van der Waals surface area contributed by atoms with Gasteiger partial charge in [-0.25, -0.2) is 4.79 Å². The van der Waals surface area contributed by atoms with Crippen LogP contribution in [0, 0.1) is 5.92 Å². The Morgan fingerprint density at radius 3 is 2.34 bits per heavy atom. The molecule has 9 nitrogen and oxygen atoms in total. The third kappa shape index (κ3) is 8.39. The van der Waals surface area contributed by atoms with E-state index in [1.807, 2.05) is 61.7 Å². The molecule has 0 bridgehead atoms. The maximum Gasteiger partial charge on any atom is 0.325 e. The number of ether oxygens (including phenoxy) is 3. The Morgan fingerprint density at radius 1 is 1.05 bits per heavy atom. The van der Waals surface area contributed by atoms with Crippen LogP contribution in [0.3, 0.4) is 0 Å². The average molecular weight is 526 g/mol. The van der Waals surface area contributed by atoms with E-state index in [2.05, 4.69) is 29.0 Å². The average Bonchev–Trinajstić information content (AvgIpc) is 2.92. The van der Waals surface area contributed by atoms with Crippen molar-refractivity contribution in [2.75, 3.05) is 33.3 Å². The molecule has 3 rings (SSSR count). The molecule has 2 aromatic rings. The summed E-state index contributed by atoms with van der Waals surface area (Å²) in [4.78, 5) is 25.5. The summed E-state index contributed by atoms with van der Waals surface area (Å²) >= 11 is 0. The lowest BCUT2D eigenvalue weighted by Gasteiger charge is -2.42. The second-order valence-corrected chi connectivity index (χ2v) is 9.41. The number of likely N-dealkylation sites (N-methyl/N-ethyl adjacent to an activating group) is 1. The summed E-state index contributed by atoms with van der Waals surface area (Å²) in [6.07, 6.45) is 1.04. The summed E-state index contributed by atoms with van der Waals surface area (Å²) in [6, 6.07) is 15.1. The number of rotatable bonds is 12. The Bertz CT molecular complexity index is 1040. The summed E-state index contributed by atoms with van der Waals surface area (Å²) in [5, 5.41) is 14.6. The van der Waals surface area contributed by atoms with Crippen LogP contribution in [0.25, 0.3) is 0 Å². The van der Waals surface area contributed by atoms with Gasteiger partial charge in [0.1, 0.15) is 6.54 Å². The summed E-state index contributed by atoms with van der Waals surface area (Å²) in [7, 11) is 2.04. The summed E-state index contributed by atoms with van der Waals surface area (Å²) in [5.41, 5.74) is 3.66. The molecule has 38 heavy (non-hydrogen) atoms. The molecule has 0 unspecified atom stereocenters. The van der Waals surface area contributed by atoms with Gasteiger partial charge in [0, 0.05) is 31.1 Å². The number of hydrogen-bond acceptors (Lipinski definition) is 7. The summed E-state index contributed by atoms with van der Waals surface area (Å²) < 4.78 is 17.7. The number of amides is 2. The van der Waals surface area contributed by atoms with Gasteiger partial charge >= 0.3 is 12.0 Å². The SMILES string of the molecule is C=CCN(C)C[C@@H]1O[C@H](c2ccc(CNC(=O)NCC(=O)OCC)cc2)O[C@H](c2ccc(CO)cc2)[C@@H]1C. The molecule has 9 heteroatoms. The van der Waals surface area contributed by atoms with E-state index in [4.69, 9.17) is 14.2 Å². The normalized spacial score (nSPS) is 21.1. The van der Waals surface area contributed by atoms with Crippen molar-refractivity contribution >= 4 is 12.0 Å². The molecule has 4 atom stereocenters. The van der Waals surface area contributed by atoms with E-state index in [-0.39, 0.29) is 37.9 Å². The predicted octanol–water partition coefficient (Wildman–Crippen LogP) is 3.45. The number of hydrogen-bond donors (Lipinski definition) is 3. The number of carbonyl (C=O) groups excluding carboxylic acids is 2. The van der Waals surface area contributed by atoms with Crippen molar-refractivity contribution in [1.29, 1.82) is 0 Å². The van der Waals surface area contributed by atoms with Crippen LogP contribution >= 0.6 is 0 Å². The van der Waals surface area contributed by atoms with Crippen LogP contribution < -0.4 is 10.6 Å². The fraction of sp³-hybridized carbons (Fsp3) is 0.448. The topological polar surface area (TPSA) is 109 Å². The van der Waals surface area contributed by atoms with E-state index in [9.17, 15) is 14.7 Å². The lowest BCUT2D eigenvalue weighted by Crippen LogP contribution is -2.43. The van der Waals surface area contributed by atoms with Crippen molar-refractivity contribution in [3.05, 3.63) is 83.4 Å². The number of nitrogens with one attached hydrogen (secondary N) is 2. The monoisotopic (exact) mass is 525 g/mol. The molecule has 0 spiro atoms. The molecular formula is C29H39N3O6. The zero-order valence-electron chi connectivity index (χ0n) is 22.4. The van der Waals surface area contributed by atoms with Crippen LogP contribution in [0.15, 0.2) is 61.2 Å². The number of carbonyl (C=O) groups is 2. The van der Waals surface area contributed by atoms with Gasteiger partial charge in [-0.3, -0.25) is 4.79 Å². The molecule has 0 radical (unpaired) electrons. The van der Waals surface area contributed by atoms with Gasteiger partial charge in [-0.2, -0.15) is 0 Å². The fourth-order valence-electron chi connectivity index (χ4n) is 4.33. The first kappa shape index (κ1) is 29.3. The Morgan fingerprint density at radius 2 is 1.71 bits per heavy atom. The highest BCUT2D eigenvalue weighted by molar-refractivity contribution is 5.80. The van der Waals surface area contributed by atoms with Gasteiger partial charge in [0.05, 0.1) is 25.4 Å². The zero-order valence-corrected chi connectivity index (χ0v) is 22.4. The Labute approximate surface area is 224 Å². The Kier molecular flexibility index (Phi) is 11.3. The molecular weight excluding hydrogens is 486 g/mol. The Balaban J connectivity index is 1.68. The molecule has 0 aliphatic carbocycles. The van der Waals surface area contributed by atoms with Gasteiger partial charge in [-0.1, -0.05) is 61.5 Å². The van der Waals surface area contributed by atoms with Crippen molar-refractivity contribution in [1.82, 2.24) is 15.5 Å². The van der Waals surface area contributed by atoms with Gasteiger partial charge < -0.3 is 34.9 Å². The van der Waals surface area contributed by atoms with Crippen LogP contribution in [-0.4, -0.2) is 61.4 Å². The first-order chi connectivity index (χ1) is 18.3. The minimum absolute atomic E-state index is 0.00364. The second-order valence-electron chi connectivity index (χ2n) is 9.41. The van der Waals surface area contributed by atoms with E-state index in [1.54, 1.807) is 6.92 Å². The van der Waals surface area contributed by atoms with Crippen LogP contribution in [0.5, 0.6) is 0 Å². The standard InChI is InChI=1S/C29H39N3O6/c1-5-15-32(4)18-25-20(3)27(23-11-9-22(19-33)10-12-23)38-28(37-25)24-13-7-21(8-14-24)16-30-29(35)31-17-26(34)36-6-2/h5,7-14,20,25,27-28,33H,1,6,15-19H2,2-4H3,(H2,30,31,35)/t20-,25+,27+,28+/m1/s1. The quantitative estimate of drug-likeness (QED) is 0.288. The molecule has 1 aliphatic heterocycles. The lowest BCUT2D eigenvalue weighted by molar-refractivity contribution is -0.275. The molecule has 3 N–H and O–H groups in total. The number of aliphatic hydroxyl groups is 1. The number of nitrogens with zero attached hydrogens (tertiary/aromatic N) is 1. The van der Waals surface area contributed by atoms with Gasteiger partial charge in [-0.05, 0) is 30.7 Å². The molecule has 2 amide bonds. The molecule has 1 heterocycles. The van der Waals surface area contributed by atoms with Crippen LogP contribution in [0.4, 0.5) is 4.79 Å². The van der Waals surface area contributed by atoms with E-state index in [1.165, 1.54) is 0 Å². The second kappa shape index (κ2) is 14.6. The van der Waals surface area contributed by atoms with E-state index in [0.717, 1.165) is 35.3 Å². The van der Waals surface area contributed by atoms with Crippen LogP contribution in [-0.2, 0) is 32.2 Å². The molecule has 0 saturated carbocycles. The van der Waals surface area contributed by atoms with E-state index < -0.39 is 18.3 Å². The van der Waals surface area contributed by atoms with Crippen molar-refractivity contribution in [2.24, 2.45) is 5.92 Å². The third-order valence-corrected chi connectivity index (χ3v) is 6.46. The van der Waals surface area contributed by atoms with Crippen molar-refractivity contribution in [3.8, 4) is 0 Å². The largest absolute Gasteiger partial charge is 0.465 e. The number of urea groups is 1. The smallest absolute Gasteiger partial charge is 0.325 e. The first-order valence-electron chi connectivity index (χ1n) is 12.9. The van der Waals surface area contributed by atoms with Gasteiger partial charge in [0.15, 0.2) is 6.29 Å². The highest BCUT2D eigenvalue weighted by Gasteiger charge is 2.38. The van der Waals surface area contributed by atoms with Crippen molar-refractivity contribution < 1.29 is 28.9 Å². The van der Waals surface area contributed by atoms with E-state index >= 15 is 0 Å². The van der Waals surface area contributed by atoms with E-state index in [0.29, 0.717) is 6.54 Å². The summed E-state index contributed by atoms with van der Waals surface area (Å²) in [6.45, 7) is 9.54. The number of benzene rings is 2. The maximum atomic E-state index is 12.0. The molecule has 1 aliphatic rings. The highest BCUT2D eigenvalue weighted by Crippen LogP contribution is 2.41. The van der Waals surface area contributed by atoms with Crippen molar-refractivity contribution in [2.45, 2.75) is 45.5 Å². The molecule has 1 fully saturated rings. The Hall–Kier alpha value is -3.24. The number of esters is 1. The van der Waals surface area contributed by atoms with Gasteiger partial charge in [0.2, 0.25) is 0 Å². The van der Waals surface area contributed by atoms with Gasteiger partial charge in [-0.15, -0.1) is 6.58 Å². The maximum absolute atomic E-state index is 12.0. The molecule has 1 saturated heterocycles. The third-order valence-electron chi connectivity index (χ3n) is 6.46. The molecule has 206 valence electrons. The zero-order chi connectivity index (χ0) is 27.5. The minimum Gasteiger partial charge on any atom is -0.465 e. The van der Waals surface area contributed by atoms with Crippen LogP contribution in [0.2, 0.25) is 0 Å². The lowest BCUT2D eigenvalue weighted by atomic mass is 9.90. The fourth-order valence-corrected chi connectivity index (χ4v) is 4.33. The highest BCUT2D eigenvalue weighted by atomic mass is 16.7. The molecule has 0 aromatic heterocycles. The van der Waals surface area contributed by atoms with Crippen LogP contribution in [0.1, 0.15) is 48.5 Å². The van der Waals surface area contributed by atoms with Crippen molar-refractivity contribution in [3.63, 3.8) is 0 Å².